The van der Waals surface area contributed by atoms with E-state index in [0.717, 1.165) is 24.8 Å². The average molecular weight is 341 g/mol. The molecule has 0 bridgehead atoms. The molecule has 1 fully saturated rings. The molecule has 0 radical (unpaired) electrons. The molecule has 1 atom stereocenters. The number of benzene rings is 1. The van der Waals surface area contributed by atoms with E-state index in [4.69, 9.17) is 9.15 Å². The summed E-state index contributed by atoms with van der Waals surface area (Å²) in [5.74, 6) is 1.31. The lowest BCUT2D eigenvalue weighted by Gasteiger charge is -2.31. The summed E-state index contributed by atoms with van der Waals surface area (Å²) in [6.45, 7) is 5.52. The Morgan fingerprint density at radius 3 is 2.96 bits per heavy atom. The number of carbonyl (C=O) groups excluding carboxylic acids is 1. The fourth-order valence-electron chi connectivity index (χ4n) is 3.58. The topological polar surface area (TPSA) is 68.5 Å². The van der Waals surface area contributed by atoms with Crippen LogP contribution in [0.25, 0.3) is 0 Å². The van der Waals surface area contributed by atoms with Crippen molar-refractivity contribution in [3.63, 3.8) is 0 Å². The molecule has 0 saturated carbocycles. The molecule has 0 N–H and O–H groups in total. The van der Waals surface area contributed by atoms with Gasteiger partial charge in [-0.05, 0) is 36.5 Å². The number of hydrogen-bond acceptors (Lipinski definition) is 5. The van der Waals surface area contributed by atoms with Crippen molar-refractivity contribution in [1.82, 2.24) is 15.1 Å². The zero-order chi connectivity index (χ0) is 17.4. The van der Waals surface area contributed by atoms with Crippen molar-refractivity contribution in [3.8, 4) is 0 Å². The third-order valence-corrected chi connectivity index (χ3v) is 4.96. The van der Waals surface area contributed by atoms with Gasteiger partial charge in [-0.2, -0.15) is 0 Å². The number of morpholine rings is 1. The Morgan fingerprint density at radius 2 is 2.16 bits per heavy atom. The van der Waals surface area contributed by atoms with E-state index in [9.17, 15) is 4.79 Å². The van der Waals surface area contributed by atoms with Crippen LogP contribution in [-0.4, -0.2) is 40.7 Å². The first-order valence-electron chi connectivity index (χ1n) is 8.98. The molecule has 2 aliphatic rings. The van der Waals surface area contributed by atoms with Crippen molar-refractivity contribution < 1.29 is 13.9 Å². The Kier molecular flexibility index (Phi) is 4.29. The lowest BCUT2D eigenvalue weighted by atomic mass is 10.0. The maximum atomic E-state index is 13.1. The fraction of sp³-hybridized carbons (Fsp3) is 0.526. The van der Waals surface area contributed by atoms with Gasteiger partial charge in [0.1, 0.15) is 0 Å². The maximum absolute atomic E-state index is 13.1. The number of hydrogen-bond donors (Lipinski definition) is 0. The number of aryl methyl sites for hydroxylation is 1. The summed E-state index contributed by atoms with van der Waals surface area (Å²) in [4.78, 5) is 14.9. The summed E-state index contributed by atoms with van der Waals surface area (Å²) >= 11 is 0. The highest BCUT2D eigenvalue weighted by Crippen LogP contribution is 2.28. The van der Waals surface area contributed by atoms with Crippen molar-refractivity contribution in [2.24, 2.45) is 0 Å². The number of nitrogens with zero attached hydrogens (tertiary/aromatic N) is 3. The number of ether oxygens (including phenoxy) is 1. The van der Waals surface area contributed by atoms with Crippen LogP contribution in [0.15, 0.2) is 22.6 Å². The third kappa shape index (κ3) is 3.06. The molecule has 25 heavy (non-hydrogen) atoms. The van der Waals surface area contributed by atoms with Gasteiger partial charge in [-0.1, -0.05) is 26.0 Å². The highest BCUT2D eigenvalue weighted by atomic mass is 16.5. The van der Waals surface area contributed by atoms with Crippen LogP contribution < -0.4 is 0 Å². The standard InChI is InChI=1S/C19H23N3O3/c1-12(2)17-20-21-18(25-17)16-11-22(9-10-24-16)19(23)15-8-4-6-13-5-3-7-14(13)15/h4,6,8,12,16H,3,5,7,9-11H2,1-2H3/t16-/m0/s1. The zero-order valence-electron chi connectivity index (χ0n) is 14.7. The van der Waals surface area contributed by atoms with Gasteiger partial charge in [-0.25, -0.2) is 0 Å². The number of amides is 1. The number of rotatable bonds is 3. The molecule has 1 aliphatic carbocycles. The minimum atomic E-state index is -0.352. The van der Waals surface area contributed by atoms with Gasteiger partial charge in [0.2, 0.25) is 11.8 Å². The molecule has 1 amide bonds. The molecule has 1 aromatic carbocycles. The first-order chi connectivity index (χ1) is 12.1. The van der Waals surface area contributed by atoms with E-state index in [1.807, 2.05) is 30.9 Å². The van der Waals surface area contributed by atoms with Gasteiger partial charge in [-0.15, -0.1) is 10.2 Å². The molecule has 1 saturated heterocycles. The van der Waals surface area contributed by atoms with E-state index in [0.29, 0.717) is 31.5 Å². The second-order valence-corrected chi connectivity index (χ2v) is 7.04. The van der Waals surface area contributed by atoms with Gasteiger partial charge in [-0.3, -0.25) is 4.79 Å². The molecule has 6 nitrogen and oxygen atoms in total. The number of aromatic nitrogens is 2. The van der Waals surface area contributed by atoms with E-state index in [-0.39, 0.29) is 17.9 Å². The van der Waals surface area contributed by atoms with Crippen molar-refractivity contribution in [2.75, 3.05) is 19.7 Å². The van der Waals surface area contributed by atoms with Crippen molar-refractivity contribution >= 4 is 5.91 Å². The molecule has 1 aliphatic heterocycles. The van der Waals surface area contributed by atoms with Gasteiger partial charge >= 0.3 is 0 Å². The van der Waals surface area contributed by atoms with Crippen LogP contribution in [0.3, 0.4) is 0 Å². The largest absolute Gasteiger partial charge is 0.422 e. The summed E-state index contributed by atoms with van der Waals surface area (Å²) in [5, 5.41) is 8.17. The summed E-state index contributed by atoms with van der Waals surface area (Å²) in [5.41, 5.74) is 3.37. The maximum Gasteiger partial charge on any atom is 0.254 e. The van der Waals surface area contributed by atoms with Gasteiger partial charge in [0.15, 0.2) is 6.10 Å². The summed E-state index contributed by atoms with van der Waals surface area (Å²) in [7, 11) is 0. The first kappa shape index (κ1) is 16.3. The molecule has 2 heterocycles. The smallest absolute Gasteiger partial charge is 0.254 e. The predicted molar refractivity (Wildman–Crippen MR) is 91.5 cm³/mol. The lowest BCUT2D eigenvalue weighted by Crippen LogP contribution is -2.42. The van der Waals surface area contributed by atoms with Gasteiger partial charge in [0, 0.05) is 18.0 Å². The van der Waals surface area contributed by atoms with Crippen LogP contribution in [0.2, 0.25) is 0 Å². The number of fused-ring (bicyclic) bond motifs is 1. The Labute approximate surface area is 147 Å². The fourth-order valence-corrected chi connectivity index (χ4v) is 3.58. The van der Waals surface area contributed by atoms with Crippen LogP contribution in [0.5, 0.6) is 0 Å². The molecule has 1 aromatic heterocycles. The van der Waals surface area contributed by atoms with Crippen LogP contribution in [0, 0.1) is 0 Å². The normalized spacial score (nSPS) is 20.1. The highest BCUT2D eigenvalue weighted by Gasteiger charge is 2.31. The van der Waals surface area contributed by atoms with E-state index in [1.54, 1.807) is 0 Å². The monoisotopic (exact) mass is 341 g/mol. The quantitative estimate of drug-likeness (QED) is 0.859. The second kappa shape index (κ2) is 6.59. The van der Waals surface area contributed by atoms with Gasteiger partial charge in [0.05, 0.1) is 13.2 Å². The Hall–Kier alpha value is -2.21. The molecule has 0 spiro atoms. The summed E-state index contributed by atoms with van der Waals surface area (Å²) in [6.07, 6.45) is 2.84. The first-order valence-corrected chi connectivity index (χ1v) is 8.98. The van der Waals surface area contributed by atoms with Crippen molar-refractivity contribution in [2.45, 2.75) is 45.1 Å². The predicted octanol–water partition coefficient (Wildman–Crippen LogP) is 2.90. The zero-order valence-corrected chi connectivity index (χ0v) is 14.7. The summed E-state index contributed by atoms with van der Waals surface area (Å²) < 4.78 is 11.5. The van der Waals surface area contributed by atoms with E-state index in [2.05, 4.69) is 16.3 Å². The molecule has 132 valence electrons. The molecule has 6 heteroatoms. The van der Waals surface area contributed by atoms with Gasteiger partial charge in [0.25, 0.3) is 5.91 Å². The Balaban J connectivity index is 1.53. The van der Waals surface area contributed by atoms with Crippen LogP contribution in [0.1, 0.15) is 65.6 Å². The van der Waals surface area contributed by atoms with Crippen LogP contribution in [0.4, 0.5) is 0 Å². The molecule has 0 unspecified atom stereocenters. The Bertz CT molecular complexity index is 784. The minimum Gasteiger partial charge on any atom is -0.422 e. The molecular formula is C19H23N3O3. The van der Waals surface area contributed by atoms with Crippen LogP contribution >= 0.6 is 0 Å². The third-order valence-electron chi connectivity index (χ3n) is 4.96. The summed E-state index contributed by atoms with van der Waals surface area (Å²) in [6, 6.07) is 6.07. The average Bonchev–Trinajstić information content (AvgIpc) is 3.30. The molecular weight excluding hydrogens is 318 g/mol. The molecule has 2 aromatic rings. The van der Waals surface area contributed by atoms with Gasteiger partial charge < -0.3 is 14.1 Å². The highest BCUT2D eigenvalue weighted by molar-refractivity contribution is 5.96. The molecule has 4 rings (SSSR count). The second-order valence-electron chi connectivity index (χ2n) is 7.04. The number of carbonyl (C=O) groups is 1. The lowest BCUT2D eigenvalue weighted by molar-refractivity contribution is -0.0351. The van der Waals surface area contributed by atoms with Crippen LogP contribution in [-0.2, 0) is 17.6 Å². The van der Waals surface area contributed by atoms with Crippen molar-refractivity contribution in [1.29, 1.82) is 0 Å². The Morgan fingerprint density at radius 1 is 1.28 bits per heavy atom. The van der Waals surface area contributed by atoms with E-state index in [1.165, 1.54) is 11.1 Å². The minimum absolute atomic E-state index is 0.0793. The SMILES string of the molecule is CC(C)c1nnc([C@@H]2CN(C(=O)c3cccc4c3CCC4)CCO2)o1. The van der Waals surface area contributed by atoms with E-state index >= 15 is 0 Å². The van der Waals surface area contributed by atoms with E-state index < -0.39 is 0 Å². The van der Waals surface area contributed by atoms with Crippen molar-refractivity contribution in [3.05, 3.63) is 46.7 Å².